The Morgan fingerprint density at radius 2 is 1.94 bits per heavy atom. The summed E-state index contributed by atoms with van der Waals surface area (Å²) in [7, 11) is 4.82. The van der Waals surface area contributed by atoms with E-state index in [-0.39, 0.29) is 5.92 Å². The third kappa shape index (κ3) is 4.09. The molecule has 35 heavy (non-hydrogen) atoms. The number of anilines is 1. The van der Waals surface area contributed by atoms with Crippen LogP contribution < -0.4 is 19.5 Å². The van der Waals surface area contributed by atoms with Crippen LogP contribution >= 0.6 is 0 Å². The van der Waals surface area contributed by atoms with Crippen molar-refractivity contribution in [3.05, 3.63) is 47.8 Å². The van der Waals surface area contributed by atoms with Crippen molar-refractivity contribution in [2.45, 2.75) is 18.9 Å². The number of rotatable bonds is 7. The van der Waals surface area contributed by atoms with Crippen LogP contribution in [0.2, 0.25) is 0 Å². The molecule has 1 saturated heterocycles. The monoisotopic (exact) mass is 478 g/mol. The molecule has 4 aromatic rings. The fourth-order valence-corrected chi connectivity index (χ4v) is 4.39. The normalized spacial score (nSPS) is 15.5. The first-order valence-electron chi connectivity index (χ1n) is 11.2. The molecule has 11 nitrogen and oxygen atoms in total. The zero-order valence-corrected chi connectivity index (χ0v) is 19.7. The van der Waals surface area contributed by atoms with Gasteiger partial charge < -0.3 is 29.5 Å². The van der Waals surface area contributed by atoms with Gasteiger partial charge in [0.25, 0.3) is 0 Å². The number of nitrogens with one attached hydrogen (secondary N) is 1. The largest absolute Gasteiger partial charge is 0.497 e. The SMILES string of the molecule is COc1ccc(CNc2nc3c(OC)cccc3c3nc(C4CCN(C(=O)O)C4)nn23)c(OC)c1. The topological polar surface area (TPSA) is 123 Å². The standard InChI is InChI=1S/C24H26N6O5/c1-33-16-8-7-14(19(11-16)35-3)12-25-23-26-20-17(5-4-6-18(20)34-2)22-27-21(28-30(22)23)15-9-10-29(13-15)24(31)32/h4-8,11,15H,9-10,12-13H2,1-3H3,(H,25,26)(H,31,32). The van der Waals surface area contributed by atoms with Gasteiger partial charge in [-0.25, -0.2) is 14.8 Å². The van der Waals surface area contributed by atoms with Crippen molar-refractivity contribution >= 4 is 28.6 Å². The third-order valence-corrected chi connectivity index (χ3v) is 6.26. The molecule has 1 aliphatic heterocycles. The highest BCUT2D eigenvalue weighted by molar-refractivity contribution is 5.96. The van der Waals surface area contributed by atoms with Crippen molar-refractivity contribution < 1.29 is 24.1 Å². The van der Waals surface area contributed by atoms with Crippen molar-refractivity contribution in [2.75, 3.05) is 39.7 Å². The van der Waals surface area contributed by atoms with E-state index < -0.39 is 6.09 Å². The highest BCUT2D eigenvalue weighted by atomic mass is 16.5. The lowest BCUT2D eigenvalue weighted by molar-refractivity contribution is 0.155. The minimum atomic E-state index is -0.927. The molecule has 1 unspecified atom stereocenters. The molecule has 11 heteroatoms. The molecule has 0 radical (unpaired) electrons. The van der Waals surface area contributed by atoms with Gasteiger partial charge in [-0.15, -0.1) is 5.10 Å². The Morgan fingerprint density at radius 1 is 1.11 bits per heavy atom. The average molecular weight is 479 g/mol. The van der Waals surface area contributed by atoms with Crippen molar-refractivity contribution in [1.82, 2.24) is 24.5 Å². The number of para-hydroxylation sites is 1. The van der Waals surface area contributed by atoms with Gasteiger partial charge in [-0.05, 0) is 30.7 Å². The summed E-state index contributed by atoms with van der Waals surface area (Å²) in [6, 6.07) is 11.3. The Labute approximate surface area is 201 Å². The molecule has 2 N–H and O–H groups in total. The van der Waals surface area contributed by atoms with Crippen LogP contribution in [0.4, 0.5) is 10.7 Å². The molecule has 1 aliphatic rings. The number of carboxylic acid groups (broad SMARTS) is 1. The second-order valence-electron chi connectivity index (χ2n) is 8.24. The van der Waals surface area contributed by atoms with Gasteiger partial charge in [0.1, 0.15) is 22.8 Å². The molecule has 1 fully saturated rings. The van der Waals surface area contributed by atoms with Crippen molar-refractivity contribution in [2.24, 2.45) is 0 Å². The number of benzene rings is 2. The smallest absolute Gasteiger partial charge is 0.407 e. The van der Waals surface area contributed by atoms with Gasteiger partial charge in [0.05, 0.1) is 21.3 Å². The lowest BCUT2D eigenvalue weighted by atomic mass is 10.1. The summed E-state index contributed by atoms with van der Waals surface area (Å²) in [5.41, 5.74) is 2.20. The van der Waals surface area contributed by atoms with Crippen LogP contribution in [0.15, 0.2) is 36.4 Å². The minimum absolute atomic E-state index is 0.0822. The maximum absolute atomic E-state index is 11.4. The number of hydrogen-bond acceptors (Lipinski definition) is 8. The van der Waals surface area contributed by atoms with E-state index >= 15 is 0 Å². The van der Waals surface area contributed by atoms with Gasteiger partial charge in [-0.2, -0.15) is 4.52 Å². The number of ether oxygens (including phenoxy) is 3. The van der Waals surface area contributed by atoms with E-state index in [4.69, 9.17) is 29.3 Å². The fourth-order valence-electron chi connectivity index (χ4n) is 4.39. The van der Waals surface area contributed by atoms with Crippen LogP contribution in [-0.2, 0) is 6.54 Å². The number of nitrogens with zero attached hydrogens (tertiary/aromatic N) is 5. The third-order valence-electron chi connectivity index (χ3n) is 6.26. The fraction of sp³-hybridized carbons (Fsp3) is 0.333. The van der Waals surface area contributed by atoms with Crippen molar-refractivity contribution in [3.8, 4) is 17.2 Å². The summed E-state index contributed by atoms with van der Waals surface area (Å²) in [6.07, 6.45) is -0.257. The summed E-state index contributed by atoms with van der Waals surface area (Å²) in [5.74, 6) is 3.01. The van der Waals surface area contributed by atoms with E-state index in [1.54, 1.807) is 25.8 Å². The van der Waals surface area contributed by atoms with Crippen molar-refractivity contribution in [3.63, 3.8) is 0 Å². The molecule has 1 amide bonds. The predicted octanol–water partition coefficient (Wildman–Crippen LogP) is 3.38. The van der Waals surface area contributed by atoms with Gasteiger partial charge in [0.2, 0.25) is 5.95 Å². The molecule has 0 bridgehead atoms. The Bertz CT molecular complexity index is 1400. The number of likely N-dealkylation sites (tertiary alicyclic amines) is 1. The summed E-state index contributed by atoms with van der Waals surface area (Å²) in [6.45, 7) is 1.25. The molecule has 182 valence electrons. The predicted molar refractivity (Wildman–Crippen MR) is 129 cm³/mol. The van der Waals surface area contributed by atoms with E-state index in [1.807, 2.05) is 36.4 Å². The van der Waals surface area contributed by atoms with Crippen LogP contribution in [0, 0.1) is 0 Å². The molecule has 0 spiro atoms. The highest BCUT2D eigenvalue weighted by Gasteiger charge is 2.30. The average Bonchev–Trinajstić information content (AvgIpc) is 3.55. The van der Waals surface area contributed by atoms with E-state index in [0.717, 1.165) is 10.9 Å². The summed E-state index contributed by atoms with van der Waals surface area (Å²) < 4.78 is 18.0. The lowest BCUT2D eigenvalue weighted by Gasteiger charge is -2.13. The molecule has 0 aliphatic carbocycles. The Hall–Kier alpha value is -4.28. The number of fused-ring (bicyclic) bond motifs is 3. The summed E-state index contributed by atoms with van der Waals surface area (Å²) in [4.78, 5) is 22.4. The van der Waals surface area contributed by atoms with Crippen molar-refractivity contribution in [1.29, 1.82) is 0 Å². The number of aromatic nitrogens is 4. The maximum atomic E-state index is 11.4. The number of methoxy groups -OCH3 is 3. The maximum Gasteiger partial charge on any atom is 0.407 e. The molecule has 0 saturated carbocycles. The van der Waals surface area contributed by atoms with Gasteiger partial charge in [0.15, 0.2) is 11.5 Å². The minimum Gasteiger partial charge on any atom is -0.497 e. The molecule has 2 aromatic heterocycles. The number of amides is 1. The van der Waals surface area contributed by atoms with Crippen LogP contribution in [-0.4, -0.2) is 70.1 Å². The quantitative estimate of drug-likeness (QED) is 0.411. The Morgan fingerprint density at radius 3 is 2.66 bits per heavy atom. The summed E-state index contributed by atoms with van der Waals surface area (Å²) in [5, 5.41) is 18.2. The molecular weight excluding hydrogens is 452 g/mol. The van der Waals surface area contributed by atoms with E-state index in [9.17, 15) is 9.90 Å². The first-order valence-corrected chi connectivity index (χ1v) is 11.2. The van der Waals surface area contributed by atoms with Gasteiger partial charge in [-0.3, -0.25) is 0 Å². The first-order chi connectivity index (χ1) is 17.0. The lowest BCUT2D eigenvalue weighted by Crippen LogP contribution is -2.26. The highest BCUT2D eigenvalue weighted by Crippen LogP contribution is 2.32. The van der Waals surface area contributed by atoms with E-state index in [2.05, 4.69) is 5.32 Å². The molecule has 1 atom stereocenters. The van der Waals surface area contributed by atoms with Crippen LogP contribution in [0.25, 0.3) is 16.6 Å². The van der Waals surface area contributed by atoms with Crippen LogP contribution in [0.5, 0.6) is 17.2 Å². The second-order valence-corrected chi connectivity index (χ2v) is 8.24. The zero-order valence-electron chi connectivity index (χ0n) is 19.7. The van der Waals surface area contributed by atoms with E-state index in [1.165, 1.54) is 4.90 Å². The molecular formula is C24H26N6O5. The van der Waals surface area contributed by atoms with Gasteiger partial charge >= 0.3 is 6.09 Å². The van der Waals surface area contributed by atoms with Gasteiger partial charge in [0, 0.05) is 42.6 Å². The molecule has 3 heterocycles. The van der Waals surface area contributed by atoms with E-state index in [0.29, 0.717) is 66.2 Å². The first kappa shape index (κ1) is 22.5. The molecule has 2 aromatic carbocycles. The Balaban J connectivity index is 1.56. The van der Waals surface area contributed by atoms with Crippen LogP contribution in [0.1, 0.15) is 23.7 Å². The Kier molecular flexibility index (Phi) is 5.89. The zero-order chi connectivity index (χ0) is 24.5. The number of hydrogen-bond donors (Lipinski definition) is 2. The van der Waals surface area contributed by atoms with Crippen LogP contribution in [0.3, 0.4) is 0 Å². The number of carbonyl (C=O) groups is 1. The summed E-state index contributed by atoms with van der Waals surface area (Å²) >= 11 is 0. The van der Waals surface area contributed by atoms with Gasteiger partial charge in [-0.1, -0.05) is 6.07 Å². The molecule has 5 rings (SSSR count). The second kappa shape index (κ2) is 9.16.